The summed E-state index contributed by atoms with van der Waals surface area (Å²) in [6.07, 6.45) is 32.9. The number of unbranched alkanes of at least 4 members (excludes halogenated alkanes) is 1. The molecule has 0 fully saturated rings. The van der Waals surface area contributed by atoms with Crippen LogP contribution in [0.1, 0.15) is 155 Å². The highest BCUT2D eigenvalue weighted by Gasteiger charge is 2.39. The van der Waals surface area contributed by atoms with Crippen molar-refractivity contribution in [2.75, 3.05) is 0 Å². The number of thiophene rings is 1. The first kappa shape index (κ1) is 45.5. The average molecular weight is 863 g/mol. The van der Waals surface area contributed by atoms with Crippen LogP contribution in [-0.2, 0) is 10.8 Å². The van der Waals surface area contributed by atoms with Crippen LogP contribution in [0.5, 0.6) is 0 Å². The van der Waals surface area contributed by atoms with Gasteiger partial charge in [-0.05, 0) is 174 Å². The Morgan fingerprint density at radius 3 is 2.37 bits per heavy atom. The zero-order chi connectivity index (χ0) is 47.4. The summed E-state index contributed by atoms with van der Waals surface area (Å²) in [7, 11) is 0. The van der Waals surface area contributed by atoms with Crippen molar-refractivity contribution in [3.05, 3.63) is 160 Å². The number of rotatable bonds is 16. The van der Waals surface area contributed by atoms with E-state index in [9.17, 15) is 0 Å². The summed E-state index contributed by atoms with van der Waals surface area (Å²) < 4.78 is 18.9. The van der Waals surface area contributed by atoms with E-state index < -0.39 is 6.88 Å². The molecule has 0 saturated carbocycles. The molecule has 0 amide bonds. The zero-order valence-electron chi connectivity index (χ0n) is 43.2. The van der Waals surface area contributed by atoms with E-state index in [0.29, 0.717) is 17.8 Å². The largest absolute Gasteiger partial charge is 0.379 e. The highest BCUT2D eigenvalue weighted by molar-refractivity contribution is 7.30. The molecule has 6 rings (SSSR count). The van der Waals surface area contributed by atoms with Crippen molar-refractivity contribution in [1.82, 2.24) is 10.6 Å². The second-order valence-electron chi connectivity index (χ2n) is 21.9. The molecule has 2 nitrogen and oxygen atoms in total. The molecule has 63 heavy (non-hydrogen) atoms. The van der Waals surface area contributed by atoms with Gasteiger partial charge < -0.3 is 10.6 Å². The van der Waals surface area contributed by atoms with Gasteiger partial charge in [-0.25, -0.2) is 0 Å². The topological polar surface area (TPSA) is 24.1 Å². The van der Waals surface area contributed by atoms with Crippen molar-refractivity contribution >= 4 is 32.9 Å². The standard InChI is InChI=1S/C59H81BN2S/c1-16-19-20-21-30-60(55-36-45-35-49-50(38-54(45)63-55)59(14,15)29-28-58(49,12)13)56-52(61-47(18-3)34-44(31-39(4)5)42(8)17-2)32-41(7)33-53(56)62-51-27-26-46(57(9,10)11)37-48(51)43-24-22-40(6)23-25-43/h16,18,21-24,27,30-31,33-39,42-43,46,52,61-62H,1,3,17,19-20,25-26,28-29,32H2,2,4-15H3/b30-21+,44-31-,47-34+/i6D2. The van der Waals surface area contributed by atoms with Gasteiger partial charge >= 0.3 is 0 Å². The van der Waals surface area contributed by atoms with Crippen LogP contribution >= 0.6 is 11.3 Å². The van der Waals surface area contributed by atoms with Gasteiger partial charge in [-0.1, -0.05) is 142 Å². The van der Waals surface area contributed by atoms with E-state index in [1.165, 1.54) is 66.7 Å². The monoisotopic (exact) mass is 863 g/mol. The molecular weight excluding hydrogens is 780 g/mol. The summed E-state index contributed by atoms with van der Waals surface area (Å²) in [6.45, 7) is 35.7. The van der Waals surface area contributed by atoms with E-state index in [2.05, 4.69) is 180 Å². The fourth-order valence-electron chi connectivity index (χ4n) is 10.0. The van der Waals surface area contributed by atoms with Gasteiger partial charge in [-0.3, -0.25) is 0 Å². The Morgan fingerprint density at radius 1 is 1.02 bits per heavy atom. The molecule has 2 aromatic rings. The van der Waals surface area contributed by atoms with Gasteiger partial charge in [0.2, 0.25) is 6.71 Å². The first-order valence-corrected chi connectivity index (χ1v) is 25.0. The molecule has 1 aromatic heterocycles. The summed E-state index contributed by atoms with van der Waals surface area (Å²) >= 11 is 1.97. The molecule has 0 aliphatic heterocycles. The summed E-state index contributed by atoms with van der Waals surface area (Å²) in [5.41, 5.74) is 12.9. The molecule has 0 spiro atoms. The van der Waals surface area contributed by atoms with Crippen LogP contribution in [0.2, 0.25) is 0 Å². The Morgan fingerprint density at radius 2 is 1.75 bits per heavy atom. The third kappa shape index (κ3) is 11.5. The van der Waals surface area contributed by atoms with E-state index in [-0.39, 0.29) is 34.9 Å². The molecule has 1 heterocycles. The second kappa shape index (κ2) is 20.0. The van der Waals surface area contributed by atoms with E-state index in [4.69, 9.17) is 2.74 Å². The predicted molar refractivity (Wildman–Crippen MR) is 282 cm³/mol. The minimum Gasteiger partial charge on any atom is -0.379 e. The third-order valence-corrected chi connectivity index (χ3v) is 15.6. The molecule has 4 aliphatic carbocycles. The maximum absolute atomic E-state index is 8.09. The lowest BCUT2D eigenvalue weighted by Gasteiger charge is -2.41. The number of nitrogens with one attached hydrogen (secondary N) is 2. The zero-order valence-corrected chi connectivity index (χ0v) is 42.0. The third-order valence-electron chi connectivity index (χ3n) is 14.4. The Balaban J connectivity index is 1.57. The van der Waals surface area contributed by atoms with E-state index in [1.54, 1.807) is 0 Å². The first-order chi connectivity index (χ1) is 30.6. The number of benzene rings is 1. The number of fused-ring (bicyclic) bond motifs is 2. The molecule has 4 unspecified atom stereocenters. The lowest BCUT2D eigenvalue weighted by Crippen LogP contribution is -2.44. The Kier molecular flexibility index (Phi) is 14.5. The smallest absolute Gasteiger partial charge is 0.247 e. The first-order valence-electron chi connectivity index (χ1n) is 25.3. The predicted octanol–water partition coefficient (Wildman–Crippen LogP) is 15.8. The maximum atomic E-state index is 8.09. The second-order valence-corrected chi connectivity index (χ2v) is 23.0. The van der Waals surface area contributed by atoms with E-state index in [1.807, 2.05) is 29.6 Å². The van der Waals surface area contributed by atoms with Crippen LogP contribution in [0.3, 0.4) is 0 Å². The van der Waals surface area contributed by atoms with Crippen molar-refractivity contribution < 1.29 is 2.74 Å². The van der Waals surface area contributed by atoms with Crippen LogP contribution in [0.4, 0.5) is 0 Å². The van der Waals surface area contributed by atoms with Crippen LogP contribution in [0.25, 0.3) is 10.1 Å². The molecule has 1 aromatic carbocycles. The van der Waals surface area contributed by atoms with Crippen LogP contribution in [0.15, 0.2) is 149 Å². The lowest BCUT2D eigenvalue weighted by molar-refractivity contribution is 0.290. The van der Waals surface area contributed by atoms with Crippen molar-refractivity contribution in [3.63, 3.8) is 0 Å². The van der Waals surface area contributed by atoms with Crippen molar-refractivity contribution in [3.8, 4) is 0 Å². The van der Waals surface area contributed by atoms with Crippen LogP contribution in [-0.4, -0.2) is 12.8 Å². The van der Waals surface area contributed by atoms with Gasteiger partial charge in [-0.2, -0.15) is 0 Å². The van der Waals surface area contributed by atoms with Crippen molar-refractivity contribution in [2.24, 2.45) is 29.1 Å². The summed E-state index contributed by atoms with van der Waals surface area (Å²) in [6, 6.07) is 7.58. The van der Waals surface area contributed by atoms with Gasteiger partial charge in [0.05, 0.1) is 0 Å². The minimum absolute atomic E-state index is 0.000579. The molecule has 0 bridgehead atoms. The molecule has 4 aliphatic rings. The maximum Gasteiger partial charge on any atom is 0.247 e. The molecular formula is C59H81BN2S. The molecule has 0 saturated heterocycles. The quantitative estimate of drug-likeness (QED) is 0.0760. The number of allylic oxidation sites excluding steroid dienone is 14. The van der Waals surface area contributed by atoms with Gasteiger partial charge in [0.15, 0.2) is 0 Å². The van der Waals surface area contributed by atoms with Gasteiger partial charge in [-0.15, -0.1) is 23.9 Å². The highest BCUT2D eigenvalue weighted by Crippen LogP contribution is 2.48. The van der Waals surface area contributed by atoms with Gasteiger partial charge in [0.1, 0.15) is 0 Å². The van der Waals surface area contributed by atoms with Crippen LogP contribution in [0, 0.1) is 29.1 Å². The fourth-order valence-corrected chi connectivity index (χ4v) is 11.2. The van der Waals surface area contributed by atoms with Crippen LogP contribution < -0.4 is 15.4 Å². The molecule has 4 atom stereocenters. The van der Waals surface area contributed by atoms with Gasteiger partial charge in [0, 0.05) is 36.5 Å². The van der Waals surface area contributed by atoms with Gasteiger partial charge in [0.25, 0.3) is 0 Å². The Labute approximate surface area is 391 Å². The molecule has 0 radical (unpaired) electrons. The number of hydrogen-bond donors (Lipinski definition) is 2. The molecule has 4 heteroatoms. The molecule has 336 valence electrons. The summed E-state index contributed by atoms with van der Waals surface area (Å²) in [5.74, 6) is 3.91. The summed E-state index contributed by atoms with van der Waals surface area (Å²) in [5, 5.41) is 9.66. The minimum atomic E-state index is -0.971. The van der Waals surface area contributed by atoms with Crippen molar-refractivity contribution in [1.29, 1.82) is 0 Å². The molecule has 2 N–H and O–H groups in total. The lowest BCUT2D eigenvalue weighted by atomic mass is 9.40. The van der Waals surface area contributed by atoms with E-state index in [0.717, 1.165) is 55.5 Å². The average Bonchev–Trinajstić information content (AvgIpc) is 3.67. The number of hydrogen-bond acceptors (Lipinski definition) is 3. The fraction of sp³-hybridized carbons (Fsp3) is 0.492. The SMILES string of the molecule is [2H]C([2H])C1=CCC(C2=CC(C(C)(C)C)CC=C2NC2=C(B(/C=C/CCC=C)c3cc4cc5c(cc4s3)C(C)(C)CCC5(C)C)C(N/C(C=C)=C/C(=C/C(C)C)C(C)CC)CC(C)=C2)C=C1. The highest BCUT2D eigenvalue weighted by atomic mass is 32.1. The van der Waals surface area contributed by atoms with E-state index >= 15 is 0 Å². The normalized spacial score (nSPS) is 23.7. The summed E-state index contributed by atoms with van der Waals surface area (Å²) in [4.78, 5) is 0. The Bertz CT molecular complexity index is 2320. The Hall–Kier alpha value is -4.02. The van der Waals surface area contributed by atoms with Crippen molar-refractivity contribution in [2.45, 2.75) is 158 Å².